The predicted octanol–water partition coefficient (Wildman–Crippen LogP) is -0.117. The maximum Gasteiger partial charge on any atom is 0.223 e. The molecule has 1 heterocycles. The Balaban J connectivity index is 2.11. The van der Waals surface area contributed by atoms with Crippen LogP contribution in [0.3, 0.4) is 0 Å². The fraction of sp³-hybridized carbons (Fsp3) is 0.400. The molecule has 0 atom stereocenters. The van der Waals surface area contributed by atoms with Gasteiger partial charge in [0.15, 0.2) is 5.96 Å². The molecule has 23 heavy (non-hydrogen) atoms. The Kier molecular flexibility index (Phi) is 5.05. The predicted molar refractivity (Wildman–Crippen MR) is 92.7 cm³/mol. The molecule has 0 unspecified atom stereocenters. The van der Waals surface area contributed by atoms with Crippen molar-refractivity contribution in [2.45, 2.75) is 13.8 Å². The van der Waals surface area contributed by atoms with Gasteiger partial charge in [-0.05, 0) is 30.7 Å². The Hall–Kier alpha value is -2.77. The Morgan fingerprint density at radius 3 is 2.30 bits per heavy atom. The minimum Gasteiger partial charge on any atom is -0.370 e. The molecule has 1 fully saturated rings. The zero-order valence-corrected chi connectivity index (χ0v) is 13.5. The lowest BCUT2D eigenvalue weighted by Crippen LogP contribution is -2.48. The van der Waals surface area contributed by atoms with Crippen molar-refractivity contribution in [3.8, 4) is 0 Å². The number of aryl methyl sites for hydroxylation is 1. The van der Waals surface area contributed by atoms with Crippen LogP contribution < -0.4 is 22.1 Å². The SMILES string of the molecule is CC(=O)N1CCN(c2ccc(N=C(N)N=C(N)N)cc2C)CC1. The molecule has 8 heteroatoms. The molecule has 0 aromatic heterocycles. The van der Waals surface area contributed by atoms with Crippen molar-refractivity contribution in [2.24, 2.45) is 27.2 Å². The van der Waals surface area contributed by atoms with Crippen LogP contribution in [0, 0.1) is 6.92 Å². The van der Waals surface area contributed by atoms with Gasteiger partial charge in [0.2, 0.25) is 11.9 Å². The highest BCUT2D eigenvalue weighted by Crippen LogP contribution is 2.26. The highest BCUT2D eigenvalue weighted by Gasteiger charge is 2.19. The molecule has 1 aromatic carbocycles. The Morgan fingerprint density at radius 2 is 1.78 bits per heavy atom. The van der Waals surface area contributed by atoms with Crippen molar-refractivity contribution < 1.29 is 4.79 Å². The molecule has 1 aliphatic heterocycles. The molecular weight excluding hydrogens is 294 g/mol. The Morgan fingerprint density at radius 1 is 1.13 bits per heavy atom. The van der Waals surface area contributed by atoms with Crippen LogP contribution in [0.5, 0.6) is 0 Å². The van der Waals surface area contributed by atoms with Crippen molar-refractivity contribution in [2.75, 3.05) is 31.1 Å². The summed E-state index contributed by atoms with van der Waals surface area (Å²) in [5, 5.41) is 0. The molecule has 0 radical (unpaired) electrons. The fourth-order valence-electron chi connectivity index (χ4n) is 2.62. The van der Waals surface area contributed by atoms with Crippen LogP contribution in [0.1, 0.15) is 12.5 Å². The second-order valence-electron chi connectivity index (χ2n) is 5.47. The smallest absolute Gasteiger partial charge is 0.223 e. The summed E-state index contributed by atoms with van der Waals surface area (Å²) < 4.78 is 0. The average Bonchev–Trinajstić information content (AvgIpc) is 2.46. The van der Waals surface area contributed by atoms with Gasteiger partial charge in [-0.25, -0.2) is 4.99 Å². The first-order chi connectivity index (χ1) is 10.9. The van der Waals surface area contributed by atoms with E-state index in [2.05, 4.69) is 14.9 Å². The van der Waals surface area contributed by atoms with E-state index in [9.17, 15) is 4.79 Å². The van der Waals surface area contributed by atoms with Crippen LogP contribution in [0.15, 0.2) is 28.2 Å². The normalized spacial score (nSPS) is 15.5. The molecule has 0 saturated carbocycles. The van der Waals surface area contributed by atoms with E-state index in [0.717, 1.165) is 37.4 Å². The lowest BCUT2D eigenvalue weighted by atomic mass is 10.1. The fourth-order valence-corrected chi connectivity index (χ4v) is 2.62. The van der Waals surface area contributed by atoms with Crippen molar-refractivity contribution in [1.29, 1.82) is 0 Å². The van der Waals surface area contributed by atoms with Gasteiger partial charge < -0.3 is 27.0 Å². The quantitative estimate of drug-likeness (QED) is 0.518. The van der Waals surface area contributed by atoms with Gasteiger partial charge in [0.05, 0.1) is 5.69 Å². The maximum absolute atomic E-state index is 11.4. The Labute approximate surface area is 135 Å². The van der Waals surface area contributed by atoms with Crippen molar-refractivity contribution in [3.63, 3.8) is 0 Å². The topological polar surface area (TPSA) is 126 Å². The van der Waals surface area contributed by atoms with E-state index < -0.39 is 0 Å². The molecule has 0 aliphatic carbocycles. The molecule has 124 valence electrons. The zero-order valence-electron chi connectivity index (χ0n) is 13.5. The Bertz CT molecular complexity index is 641. The summed E-state index contributed by atoms with van der Waals surface area (Å²) in [6, 6.07) is 5.80. The van der Waals surface area contributed by atoms with Gasteiger partial charge in [-0.3, -0.25) is 4.79 Å². The van der Waals surface area contributed by atoms with Crippen molar-refractivity contribution in [3.05, 3.63) is 23.8 Å². The number of hydrogen-bond acceptors (Lipinski definition) is 3. The second-order valence-corrected chi connectivity index (χ2v) is 5.47. The maximum atomic E-state index is 11.4. The third-order valence-electron chi connectivity index (χ3n) is 3.73. The van der Waals surface area contributed by atoms with E-state index in [1.807, 2.05) is 30.0 Å². The van der Waals surface area contributed by atoms with Crippen molar-refractivity contribution >= 4 is 29.2 Å². The minimum absolute atomic E-state index is 0.0206. The van der Waals surface area contributed by atoms with Crippen LogP contribution >= 0.6 is 0 Å². The van der Waals surface area contributed by atoms with Crippen LogP contribution in [0.25, 0.3) is 0 Å². The third-order valence-corrected chi connectivity index (χ3v) is 3.73. The number of carbonyl (C=O) groups is 1. The van der Waals surface area contributed by atoms with Gasteiger partial charge >= 0.3 is 0 Å². The number of nitrogens with zero attached hydrogens (tertiary/aromatic N) is 4. The number of nitrogens with two attached hydrogens (primary N) is 3. The highest BCUT2D eigenvalue weighted by molar-refractivity contribution is 5.93. The van der Waals surface area contributed by atoms with Gasteiger partial charge in [0.25, 0.3) is 0 Å². The number of piperazine rings is 1. The van der Waals surface area contributed by atoms with Crippen LogP contribution in [-0.4, -0.2) is 48.9 Å². The molecular formula is C15H23N7O. The van der Waals surface area contributed by atoms with Crippen LogP contribution in [-0.2, 0) is 4.79 Å². The molecule has 2 rings (SSSR count). The molecule has 1 saturated heterocycles. The van der Waals surface area contributed by atoms with Crippen LogP contribution in [0.4, 0.5) is 11.4 Å². The largest absolute Gasteiger partial charge is 0.370 e. The summed E-state index contributed by atoms with van der Waals surface area (Å²) in [5.41, 5.74) is 19.1. The first-order valence-corrected chi connectivity index (χ1v) is 7.41. The van der Waals surface area contributed by atoms with Crippen molar-refractivity contribution in [1.82, 2.24) is 4.90 Å². The van der Waals surface area contributed by atoms with Crippen LogP contribution in [0.2, 0.25) is 0 Å². The van der Waals surface area contributed by atoms with E-state index in [1.165, 1.54) is 0 Å². The van der Waals surface area contributed by atoms with Gasteiger partial charge in [-0.15, -0.1) is 0 Å². The van der Waals surface area contributed by atoms with Gasteiger partial charge in [-0.2, -0.15) is 4.99 Å². The number of anilines is 1. The van der Waals surface area contributed by atoms with E-state index >= 15 is 0 Å². The first kappa shape index (κ1) is 16.6. The van der Waals surface area contributed by atoms with Gasteiger partial charge in [0, 0.05) is 38.8 Å². The number of carbonyl (C=O) groups excluding carboxylic acids is 1. The number of rotatable bonds is 2. The third kappa shape index (κ3) is 4.35. The summed E-state index contributed by atoms with van der Waals surface area (Å²) >= 11 is 0. The molecule has 0 bridgehead atoms. The number of hydrogen-bond donors (Lipinski definition) is 3. The average molecular weight is 317 g/mol. The monoisotopic (exact) mass is 317 g/mol. The lowest BCUT2D eigenvalue weighted by molar-refractivity contribution is -0.129. The summed E-state index contributed by atoms with van der Waals surface area (Å²) in [5.74, 6) is 0.0245. The number of amides is 1. The van der Waals surface area contributed by atoms with E-state index in [-0.39, 0.29) is 17.8 Å². The van der Waals surface area contributed by atoms with E-state index in [0.29, 0.717) is 5.69 Å². The molecule has 0 spiro atoms. The first-order valence-electron chi connectivity index (χ1n) is 7.41. The van der Waals surface area contributed by atoms with E-state index in [1.54, 1.807) is 6.92 Å². The minimum atomic E-state index is -0.122. The van der Waals surface area contributed by atoms with E-state index in [4.69, 9.17) is 17.2 Å². The number of aliphatic imine (C=N–C) groups is 2. The molecule has 1 aliphatic rings. The lowest BCUT2D eigenvalue weighted by Gasteiger charge is -2.36. The highest BCUT2D eigenvalue weighted by atomic mass is 16.2. The standard InChI is InChI=1S/C15H23N7O/c1-10-9-12(19-15(18)20-14(16)17)3-4-13(10)22-7-5-21(6-8-22)11(2)23/h3-4,9H,5-8H2,1-2H3,(H6,16,17,18,19,20). The molecule has 1 amide bonds. The number of benzene rings is 1. The zero-order chi connectivity index (χ0) is 17.0. The van der Waals surface area contributed by atoms with Gasteiger partial charge in [0.1, 0.15) is 0 Å². The summed E-state index contributed by atoms with van der Waals surface area (Å²) in [7, 11) is 0. The molecule has 1 aromatic rings. The number of guanidine groups is 2. The summed E-state index contributed by atoms with van der Waals surface area (Å²) in [6.07, 6.45) is 0. The summed E-state index contributed by atoms with van der Waals surface area (Å²) in [6.45, 7) is 6.74. The second kappa shape index (κ2) is 6.99. The molecule has 8 nitrogen and oxygen atoms in total. The summed E-state index contributed by atoms with van der Waals surface area (Å²) in [4.78, 5) is 23.4. The molecule has 6 N–H and O–H groups in total. The van der Waals surface area contributed by atoms with Gasteiger partial charge in [-0.1, -0.05) is 0 Å².